The molecular weight excluding hydrogens is 749 g/mol. The number of pyridine rings is 1. The second-order valence-corrected chi connectivity index (χ2v) is 16.3. The van der Waals surface area contributed by atoms with E-state index in [9.17, 15) is 0 Å². The van der Waals surface area contributed by atoms with Gasteiger partial charge in [0.15, 0.2) is 0 Å². The predicted octanol–water partition coefficient (Wildman–Crippen LogP) is 16.3. The summed E-state index contributed by atoms with van der Waals surface area (Å²) in [5.74, 6) is 0. The van der Waals surface area contributed by atoms with Crippen LogP contribution in [0.5, 0.6) is 0 Å². The molecule has 62 heavy (non-hydrogen) atoms. The molecule has 0 N–H and O–H groups in total. The van der Waals surface area contributed by atoms with Crippen molar-refractivity contribution >= 4 is 54.1 Å². The third kappa shape index (κ3) is 5.76. The molecule has 2 aromatic heterocycles. The first-order valence-electron chi connectivity index (χ1n) is 21.4. The number of fused-ring (bicyclic) bond motifs is 7. The fraction of sp³-hybridized carbons (Fsp3) is 0.0167. The van der Waals surface area contributed by atoms with Crippen molar-refractivity contribution in [3.05, 3.63) is 230 Å². The molecule has 0 radical (unpaired) electrons. The molecule has 0 spiro atoms. The third-order valence-corrected chi connectivity index (χ3v) is 12.8. The second-order valence-electron chi connectivity index (χ2n) is 16.3. The van der Waals surface area contributed by atoms with Gasteiger partial charge in [-0.2, -0.15) is 0 Å². The zero-order valence-corrected chi connectivity index (χ0v) is 34.3. The van der Waals surface area contributed by atoms with E-state index >= 15 is 0 Å². The predicted molar refractivity (Wildman–Crippen MR) is 263 cm³/mol. The van der Waals surface area contributed by atoms with Crippen molar-refractivity contribution in [2.45, 2.75) is 6.92 Å². The minimum absolute atomic E-state index is 1.14. The van der Waals surface area contributed by atoms with Gasteiger partial charge in [0, 0.05) is 34.2 Å². The highest BCUT2D eigenvalue weighted by atomic mass is 15.0. The summed E-state index contributed by atoms with van der Waals surface area (Å²) in [6, 6.07) is 77.6. The monoisotopic (exact) mass is 788 g/mol. The van der Waals surface area contributed by atoms with Gasteiger partial charge in [-0.15, -0.1) is 0 Å². The highest BCUT2D eigenvalue weighted by Gasteiger charge is 2.20. The first-order valence-corrected chi connectivity index (χ1v) is 21.4. The molecule has 10 aromatic carbocycles. The number of hydrogen-bond acceptors (Lipinski definition) is 1. The van der Waals surface area contributed by atoms with Crippen LogP contribution < -0.4 is 0 Å². The van der Waals surface area contributed by atoms with Crippen molar-refractivity contribution in [3.63, 3.8) is 0 Å². The molecule has 0 aliphatic carbocycles. The maximum atomic E-state index is 4.58. The van der Waals surface area contributed by atoms with Gasteiger partial charge >= 0.3 is 0 Å². The smallest absolute Gasteiger partial charge is 0.0620 e. The lowest BCUT2D eigenvalue weighted by Gasteiger charge is -2.18. The average Bonchev–Trinajstić information content (AvgIpc) is 3.68. The Morgan fingerprint density at radius 3 is 1.50 bits per heavy atom. The summed E-state index contributed by atoms with van der Waals surface area (Å²) in [6.45, 7) is 2.24. The van der Waals surface area contributed by atoms with Crippen LogP contribution in [0.15, 0.2) is 225 Å². The number of para-hydroxylation sites is 1. The van der Waals surface area contributed by atoms with Gasteiger partial charge in [-0.05, 0) is 125 Å². The zero-order chi connectivity index (χ0) is 41.1. The molecule has 0 saturated heterocycles. The van der Waals surface area contributed by atoms with E-state index in [4.69, 9.17) is 0 Å². The number of rotatable bonds is 6. The molecule has 12 rings (SSSR count). The Balaban J connectivity index is 0.953. The van der Waals surface area contributed by atoms with Gasteiger partial charge in [0.05, 0.1) is 11.0 Å². The third-order valence-electron chi connectivity index (χ3n) is 12.8. The Morgan fingerprint density at radius 1 is 0.339 bits per heavy atom. The standard InChI is InChI=1S/C60H40N2/c1-39-35-44(29-31-47(39)53-37-55-56-38-61-34-33-57(56)62(46-19-9-4-10-20-46)60(55)52-24-14-11-21-48(52)53)40-25-27-41(28-26-40)45-30-32-51-54(36-45)59(43-17-7-3-8-18-43)50-23-13-12-22-49(50)58(51)42-15-5-2-6-16-42/h2-38H,1H3. The lowest BCUT2D eigenvalue weighted by molar-refractivity contribution is 1.18. The van der Waals surface area contributed by atoms with Crippen molar-refractivity contribution in [3.8, 4) is 61.3 Å². The maximum Gasteiger partial charge on any atom is 0.0620 e. The Bertz CT molecular complexity index is 3660. The van der Waals surface area contributed by atoms with E-state index in [0.717, 1.165) is 16.6 Å². The van der Waals surface area contributed by atoms with Crippen molar-refractivity contribution < 1.29 is 0 Å². The molecule has 2 nitrogen and oxygen atoms in total. The van der Waals surface area contributed by atoms with Gasteiger partial charge < -0.3 is 4.57 Å². The van der Waals surface area contributed by atoms with Crippen LogP contribution in [0.3, 0.4) is 0 Å². The number of hydrogen-bond donors (Lipinski definition) is 0. The molecule has 0 unspecified atom stereocenters. The van der Waals surface area contributed by atoms with E-state index < -0.39 is 0 Å². The summed E-state index contributed by atoms with van der Waals surface area (Å²) in [5.41, 5.74) is 17.0. The molecule has 0 aliphatic heterocycles. The first-order chi connectivity index (χ1) is 30.7. The summed E-state index contributed by atoms with van der Waals surface area (Å²) in [6.07, 6.45) is 3.91. The van der Waals surface area contributed by atoms with Crippen molar-refractivity contribution in [2.75, 3.05) is 0 Å². The van der Waals surface area contributed by atoms with Gasteiger partial charge in [-0.3, -0.25) is 4.98 Å². The van der Waals surface area contributed by atoms with Crippen LogP contribution in [-0.4, -0.2) is 9.55 Å². The molecule has 12 aromatic rings. The van der Waals surface area contributed by atoms with Gasteiger partial charge in [-0.25, -0.2) is 0 Å². The van der Waals surface area contributed by atoms with Crippen molar-refractivity contribution in [1.82, 2.24) is 9.55 Å². The Hall–Kier alpha value is -8.07. The van der Waals surface area contributed by atoms with Gasteiger partial charge in [0.25, 0.3) is 0 Å². The molecule has 0 bridgehead atoms. The molecule has 0 amide bonds. The summed E-state index contributed by atoms with van der Waals surface area (Å²) in [7, 11) is 0. The van der Waals surface area contributed by atoms with E-state index in [0.29, 0.717) is 0 Å². The molecule has 290 valence electrons. The maximum absolute atomic E-state index is 4.58. The van der Waals surface area contributed by atoms with Gasteiger partial charge in [-0.1, -0.05) is 182 Å². The van der Waals surface area contributed by atoms with Crippen LogP contribution in [0.2, 0.25) is 0 Å². The Morgan fingerprint density at radius 2 is 0.855 bits per heavy atom. The summed E-state index contributed by atoms with van der Waals surface area (Å²) < 4.78 is 2.39. The normalized spacial score (nSPS) is 11.6. The average molecular weight is 789 g/mol. The van der Waals surface area contributed by atoms with Gasteiger partial charge in [0.2, 0.25) is 0 Å². The minimum atomic E-state index is 1.14. The first kappa shape index (κ1) is 35.8. The number of aryl methyl sites for hydroxylation is 1. The Kier molecular flexibility index (Phi) is 8.43. The summed E-state index contributed by atoms with van der Waals surface area (Å²) in [5, 5.41) is 9.88. The van der Waals surface area contributed by atoms with Crippen molar-refractivity contribution in [1.29, 1.82) is 0 Å². The largest absolute Gasteiger partial charge is 0.309 e. The molecule has 2 heterocycles. The lowest BCUT2D eigenvalue weighted by atomic mass is 9.85. The molecule has 0 atom stereocenters. The van der Waals surface area contributed by atoms with Crippen molar-refractivity contribution in [2.24, 2.45) is 0 Å². The fourth-order valence-electron chi connectivity index (χ4n) is 9.97. The second kappa shape index (κ2) is 14.6. The van der Waals surface area contributed by atoms with Crippen LogP contribution in [-0.2, 0) is 0 Å². The summed E-state index contributed by atoms with van der Waals surface area (Å²) in [4.78, 5) is 4.58. The highest BCUT2D eigenvalue weighted by molar-refractivity contribution is 6.23. The highest BCUT2D eigenvalue weighted by Crippen LogP contribution is 2.46. The number of aromatic nitrogens is 2. The van der Waals surface area contributed by atoms with Crippen LogP contribution in [0.1, 0.15) is 5.56 Å². The van der Waals surface area contributed by atoms with Crippen LogP contribution >= 0.6 is 0 Å². The zero-order valence-electron chi connectivity index (χ0n) is 34.3. The quantitative estimate of drug-likeness (QED) is 0.153. The van der Waals surface area contributed by atoms with Crippen LogP contribution in [0.25, 0.3) is 115 Å². The van der Waals surface area contributed by atoms with E-state index in [2.05, 4.69) is 229 Å². The van der Waals surface area contributed by atoms with E-state index in [-0.39, 0.29) is 0 Å². The molecule has 0 aliphatic rings. The van der Waals surface area contributed by atoms with E-state index in [1.54, 1.807) is 0 Å². The minimum Gasteiger partial charge on any atom is -0.309 e. The number of nitrogens with zero attached hydrogens (tertiary/aromatic N) is 2. The molecule has 0 saturated carbocycles. The molecule has 2 heteroatoms. The van der Waals surface area contributed by atoms with E-state index in [1.807, 2.05) is 12.4 Å². The van der Waals surface area contributed by atoms with Crippen LogP contribution in [0, 0.1) is 6.92 Å². The molecule has 0 fully saturated rings. The van der Waals surface area contributed by atoms with Crippen LogP contribution in [0.4, 0.5) is 0 Å². The summed E-state index contributed by atoms with van der Waals surface area (Å²) >= 11 is 0. The van der Waals surface area contributed by atoms with E-state index in [1.165, 1.54) is 104 Å². The number of benzene rings is 10. The fourth-order valence-corrected chi connectivity index (χ4v) is 9.97. The Labute approximate surface area is 360 Å². The SMILES string of the molecule is Cc1cc(-c2ccc(-c3ccc4c(-c5ccccc5)c5ccccc5c(-c5ccccc5)c4c3)cc2)ccc1-c1cc2c3cnccc3n(-c3ccccc3)c2c2ccccc12. The molecular formula is C60H40N2. The van der Waals surface area contributed by atoms with Gasteiger partial charge in [0.1, 0.15) is 0 Å². The lowest BCUT2D eigenvalue weighted by Crippen LogP contribution is -1.95. The topological polar surface area (TPSA) is 17.8 Å².